The Kier molecular flexibility index (Phi) is 4.90. The largest absolute Gasteiger partial charge is 0.480 e. The summed E-state index contributed by atoms with van der Waals surface area (Å²) in [6.45, 7) is 7.08. The molecule has 0 saturated carbocycles. The lowest BCUT2D eigenvalue weighted by molar-refractivity contribution is -0.138. The smallest absolute Gasteiger partial charge is 0.319 e. The van der Waals surface area contributed by atoms with Crippen molar-refractivity contribution in [2.45, 2.75) is 50.3 Å². The van der Waals surface area contributed by atoms with Gasteiger partial charge in [0.25, 0.3) is 0 Å². The topological polar surface area (TPSA) is 86.9 Å². The Morgan fingerprint density at radius 2 is 2.00 bits per heavy atom. The van der Waals surface area contributed by atoms with Gasteiger partial charge in [0.1, 0.15) is 15.8 Å². The molecule has 5 nitrogen and oxygen atoms in total. The molecule has 0 aliphatic carbocycles. The molecule has 0 bridgehead atoms. The van der Waals surface area contributed by atoms with Gasteiger partial charge in [-0.1, -0.05) is 25.6 Å². The summed E-state index contributed by atoms with van der Waals surface area (Å²) in [5.74, 6) is -0.944. The summed E-state index contributed by atoms with van der Waals surface area (Å²) < 4.78 is -1.04. The summed E-state index contributed by atoms with van der Waals surface area (Å²) in [6.07, 6.45) is 1.39. The Balaban J connectivity index is 3.31. The molecule has 1 heterocycles. The first-order chi connectivity index (χ1) is 8.87. The van der Waals surface area contributed by atoms with Crippen LogP contribution in [-0.2, 0) is 17.6 Å². The van der Waals surface area contributed by atoms with Gasteiger partial charge < -0.3 is 5.11 Å². The van der Waals surface area contributed by atoms with E-state index >= 15 is 0 Å². The van der Waals surface area contributed by atoms with Gasteiger partial charge in [0.2, 0.25) is 0 Å². The van der Waals surface area contributed by atoms with E-state index in [-0.39, 0.29) is 0 Å². The van der Waals surface area contributed by atoms with E-state index in [0.29, 0.717) is 23.4 Å². The normalized spacial score (nSPS) is 11.1. The Hall–Kier alpha value is -1.61. The summed E-state index contributed by atoms with van der Waals surface area (Å²) >= 11 is 1.06. The molecule has 0 amide bonds. The lowest BCUT2D eigenvalue weighted by Crippen LogP contribution is -2.27. The number of nitriles is 1. The van der Waals surface area contributed by atoms with Crippen LogP contribution in [0.4, 0.5) is 0 Å². The quantitative estimate of drug-likeness (QED) is 0.833. The third-order valence-electron chi connectivity index (χ3n) is 2.79. The first-order valence-electron chi connectivity index (χ1n) is 6.08. The summed E-state index contributed by atoms with van der Waals surface area (Å²) in [5.41, 5.74) is 2.12. The summed E-state index contributed by atoms with van der Waals surface area (Å²) in [5, 5.41) is 27.0. The van der Waals surface area contributed by atoms with Crippen molar-refractivity contribution in [2.24, 2.45) is 0 Å². The van der Waals surface area contributed by atoms with Crippen LogP contribution in [0.1, 0.15) is 44.5 Å². The molecule has 1 rings (SSSR count). The lowest BCUT2D eigenvalue weighted by Gasteiger charge is -2.19. The Labute approximate surface area is 117 Å². The highest BCUT2D eigenvalue weighted by Crippen LogP contribution is 2.34. The molecule has 0 radical (unpaired) electrons. The number of aliphatic carboxylic acids is 1. The molecule has 0 atom stereocenters. The molecule has 6 heteroatoms. The zero-order chi connectivity index (χ0) is 14.6. The van der Waals surface area contributed by atoms with E-state index in [1.54, 1.807) is 13.8 Å². The van der Waals surface area contributed by atoms with Gasteiger partial charge in [-0.2, -0.15) is 10.4 Å². The van der Waals surface area contributed by atoms with Gasteiger partial charge in [-0.3, -0.25) is 4.79 Å². The van der Waals surface area contributed by atoms with E-state index in [9.17, 15) is 10.1 Å². The van der Waals surface area contributed by atoms with Crippen molar-refractivity contribution in [1.29, 1.82) is 5.26 Å². The number of hydrogen-bond acceptors (Lipinski definition) is 5. The van der Waals surface area contributed by atoms with Gasteiger partial charge in [0.15, 0.2) is 0 Å². The Bertz CT molecular complexity index is 535. The number of nitrogens with zero attached hydrogens (tertiary/aromatic N) is 3. The second-order valence-electron chi connectivity index (χ2n) is 4.54. The molecule has 0 saturated heterocycles. The number of aromatic nitrogens is 2. The molecule has 1 N–H and O–H groups in total. The minimum absolute atomic E-state index is 0.393. The summed E-state index contributed by atoms with van der Waals surface area (Å²) in [6, 6.07) is 2.14. The van der Waals surface area contributed by atoms with Crippen LogP contribution >= 0.6 is 11.8 Å². The number of carboxylic acid groups (broad SMARTS) is 1. The fourth-order valence-electron chi connectivity index (χ4n) is 1.63. The standard InChI is InChI=1S/C13H17N3O2S/c1-5-8-9(7-14)11(16-15-10(8)6-2)19-13(3,4)12(17)18/h5-6H2,1-4H3,(H,17,18). The number of carbonyl (C=O) groups is 1. The van der Waals surface area contributed by atoms with Crippen LogP contribution in [0.25, 0.3) is 0 Å². The van der Waals surface area contributed by atoms with Crippen molar-refractivity contribution in [3.05, 3.63) is 16.8 Å². The van der Waals surface area contributed by atoms with E-state index in [1.807, 2.05) is 13.8 Å². The SMILES string of the molecule is CCc1nnc(SC(C)(C)C(=O)O)c(C#N)c1CC. The van der Waals surface area contributed by atoms with Gasteiger partial charge >= 0.3 is 5.97 Å². The Morgan fingerprint density at radius 3 is 2.42 bits per heavy atom. The maximum absolute atomic E-state index is 11.2. The lowest BCUT2D eigenvalue weighted by atomic mass is 10.1. The van der Waals surface area contributed by atoms with Crippen LogP contribution in [0.15, 0.2) is 5.03 Å². The second kappa shape index (κ2) is 6.02. The molecule has 19 heavy (non-hydrogen) atoms. The van der Waals surface area contributed by atoms with Crippen molar-refractivity contribution in [3.63, 3.8) is 0 Å². The van der Waals surface area contributed by atoms with Gasteiger partial charge in [0.05, 0.1) is 11.3 Å². The zero-order valence-corrected chi connectivity index (χ0v) is 12.3. The van der Waals surface area contributed by atoms with E-state index < -0.39 is 10.7 Å². The van der Waals surface area contributed by atoms with Crippen molar-refractivity contribution in [1.82, 2.24) is 10.2 Å². The molecule has 0 unspecified atom stereocenters. The molecule has 0 aromatic carbocycles. The van der Waals surface area contributed by atoms with E-state index in [2.05, 4.69) is 16.3 Å². The minimum atomic E-state index is -1.04. The van der Waals surface area contributed by atoms with Crippen LogP contribution in [0.2, 0.25) is 0 Å². The Morgan fingerprint density at radius 1 is 1.37 bits per heavy atom. The molecule has 0 aliphatic heterocycles. The molecular weight excluding hydrogens is 262 g/mol. The van der Waals surface area contributed by atoms with Crippen LogP contribution < -0.4 is 0 Å². The highest BCUT2D eigenvalue weighted by molar-refractivity contribution is 8.01. The fraction of sp³-hybridized carbons (Fsp3) is 0.538. The van der Waals surface area contributed by atoms with E-state index in [4.69, 9.17) is 5.11 Å². The predicted octanol–water partition coefficient (Wildman–Crippen LogP) is 2.43. The number of hydrogen-bond donors (Lipinski definition) is 1. The van der Waals surface area contributed by atoms with Crippen molar-refractivity contribution in [2.75, 3.05) is 0 Å². The third kappa shape index (κ3) is 3.24. The number of rotatable bonds is 5. The highest BCUT2D eigenvalue weighted by Gasteiger charge is 2.31. The van der Waals surface area contributed by atoms with Crippen molar-refractivity contribution in [3.8, 4) is 6.07 Å². The molecule has 0 aliphatic rings. The minimum Gasteiger partial charge on any atom is -0.480 e. The van der Waals surface area contributed by atoms with E-state index in [1.165, 1.54) is 0 Å². The second-order valence-corrected chi connectivity index (χ2v) is 6.15. The van der Waals surface area contributed by atoms with Crippen LogP contribution in [-0.4, -0.2) is 26.0 Å². The highest BCUT2D eigenvalue weighted by atomic mass is 32.2. The van der Waals surface area contributed by atoms with Gasteiger partial charge in [-0.25, -0.2) is 0 Å². The maximum atomic E-state index is 11.2. The molecule has 1 aromatic rings. The molecule has 0 fully saturated rings. The van der Waals surface area contributed by atoms with E-state index in [0.717, 1.165) is 23.0 Å². The number of carboxylic acids is 1. The van der Waals surface area contributed by atoms with Gasteiger partial charge in [0, 0.05) is 0 Å². The molecular formula is C13H17N3O2S. The average Bonchev–Trinajstić information content (AvgIpc) is 2.37. The molecule has 0 spiro atoms. The fourth-order valence-corrected chi connectivity index (χ4v) is 2.55. The zero-order valence-electron chi connectivity index (χ0n) is 11.5. The number of thioether (sulfide) groups is 1. The third-order valence-corrected chi connectivity index (χ3v) is 3.96. The average molecular weight is 279 g/mol. The molecule has 102 valence electrons. The summed E-state index contributed by atoms with van der Waals surface area (Å²) in [4.78, 5) is 11.2. The van der Waals surface area contributed by atoms with Gasteiger partial charge in [-0.15, -0.1) is 5.10 Å². The first kappa shape index (κ1) is 15.4. The van der Waals surface area contributed by atoms with Crippen LogP contribution in [0.3, 0.4) is 0 Å². The molecule has 1 aromatic heterocycles. The monoisotopic (exact) mass is 279 g/mol. The first-order valence-corrected chi connectivity index (χ1v) is 6.89. The number of aryl methyl sites for hydroxylation is 1. The van der Waals surface area contributed by atoms with Crippen LogP contribution in [0.5, 0.6) is 0 Å². The van der Waals surface area contributed by atoms with Crippen molar-refractivity contribution >= 4 is 17.7 Å². The summed E-state index contributed by atoms with van der Waals surface area (Å²) in [7, 11) is 0. The van der Waals surface area contributed by atoms with Crippen LogP contribution in [0, 0.1) is 11.3 Å². The predicted molar refractivity (Wildman–Crippen MR) is 73.1 cm³/mol. The van der Waals surface area contributed by atoms with Crippen molar-refractivity contribution < 1.29 is 9.90 Å². The van der Waals surface area contributed by atoms with Gasteiger partial charge in [-0.05, 0) is 32.3 Å². The maximum Gasteiger partial charge on any atom is 0.319 e.